The van der Waals surface area contributed by atoms with Crippen LogP contribution in [0.25, 0.3) is 16.2 Å². The number of imidazole rings is 1. The van der Waals surface area contributed by atoms with Crippen LogP contribution in [0.4, 0.5) is 10.1 Å². The number of halogens is 1. The SMILES string of the molecule is Cc1cccc(NC(=O)CCc2csc3nc(-c4ccccc4F)cn23)c1C. The molecule has 0 aliphatic rings. The van der Waals surface area contributed by atoms with Gasteiger partial charge in [-0.25, -0.2) is 9.37 Å². The summed E-state index contributed by atoms with van der Waals surface area (Å²) in [6, 6.07) is 12.5. The van der Waals surface area contributed by atoms with Gasteiger partial charge in [0.05, 0.1) is 5.69 Å². The minimum Gasteiger partial charge on any atom is -0.326 e. The lowest BCUT2D eigenvalue weighted by molar-refractivity contribution is -0.116. The van der Waals surface area contributed by atoms with Gasteiger partial charge >= 0.3 is 0 Å². The Morgan fingerprint density at radius 1 is 1.18 bits per heavy atom. The summed E-state index contributed by atoms with van der Waals surface area (Å²) in [4.78, 5) is 17.7. The van der Waals surface area contributed by atoms with Gasteiger partial charge in [-0.15, -0.1) is 11.3 Å². The fourth-order valence-electron chi connectivity index (χ4n) is 3.15. The molecular weight excluding hydrogens is 373 g/mol. The maximum absolute atomic E-state index is 14.0. The summed E-state index contributed by atoms with van der Waals surface area (Å²) in [5.74, 6) is -0.315. The van der Waals surface area contributed by atoms with Crippen LogP contribution < -0.4 is 5.32 Å². The molecule has 0 fully saturated rings. The van der Waals surface area contributed by atoms with Crippen LogP contribution in [0.5, 0.6) is 0 Å². The van der Waals surface area contributed by atoms with Crippen molar-refractivity contribution in [2.75, 3.05) is 5.32 Å². The van der Waals surface area contributed by atoms with Gasteiger partial charge < -0.3 is 5.32 Å². The molecule has 4 rings (SSSR count). The van der Waals surface area contributed by atoms with Gasteiger partial charge in [0.25, 0.3) is 0 Å². The predicted molar refractivity (Wildman–Crippen MR) is 111 cm³/mol. The molecule has 6 heteroatoms. The van der Waals surface area contributed by atoms with Crippen molar-refractivity contribution in [3.8, 4) is 11.3 Å². The average Bonchev–Trinajstić information content (AvgIpc) is 3.25. The average molecular weight is 393 g/mol. The smallest absolute Gasteiger partial charge is 0.224 e. The van der Waals surface area contributed by atoms with E-state index in [1.807, 2.05) is 48.0 Å². The van der Waals surface area contributed by atoms with Crippen LogP contribution in [0.1, 0.15) is 23.2 Å². The van der Waals surface area contributed by atoms with Gasteiger partial charge in [0.2, 0.25) is 5.91 Å². The van der Waals surface area contributed by atoms with Crippen LogP contribution >= 0.6 is 11.3 Å². The highest BCUT2D eigenvalue weighted by molar-refractivity contribution is 7.15. The summed E-state index contributed by atoms with van der Waals surface area (Å²) >= 11 is 1.49. The number of aromatic nitrogens is 2. The Balaban J connectivity index is 1.49. The minimum atomic E-state index is -0.289. The van der Waals surface area contributed by atoms with E-state index in [2.05, 4.69) is 10.3 Å². The fraction of sp³-hybridized carbons (Fsp3) is 0.182. The van der Waals surface area contributed by atoms with Gasteiger partial charge in [0.1, 0.15) is 5.82 Å². The first kappa shape index (κ1) is 18.4. The Kier molecular flexibility index (Phi) is 4.96. The standard InChI is InChI=1S/C22H20FN3OS/c1-14-6-5-9-19(15(14)2)24-21(27)11-10-16-13-28-22-25-20(12-26(16)22)17-7-3-4-8-18(17)23/h3-9,12-13H,10-11H2,1-2H3,(H,24,27). The number of thiazole rings is 1. The summed E-state index contributed by atoms with van der Waals surface area (Å²) in [5.41, 5.74) is 5.16. The maximum Gasteiger partial charge on any atom is 0.224 e. The van der Waals surface area contributed by atoms with Gasteiger partial charge in [-0.05, 0) is 49.6 Å². The second kappa shape index (κ2) is 7.56. The Bertz CT molecular complexity index is 1160. The molecule has 0 atom stereocenters. The number of carbonyl (C=O) groups excluding carboxylic acids is 1. The number of amides is 1. The first-order chi connectivity index (χ1) is 13.5. The Hall–Kier alpha value is -2.99. The van der Waals surface area contributed by atoms with Crippen molar-refractivity contribution in [3.05, 3.63) is 76.7 Å². The second-order valence-electron chi connectivity index (χ2n) is 6.78. The van der Waals surface area contributed by atoms with Gasteiger partial charge in [-0.2, -0.15) is 0 Å². The quantitative estimate of drug-likeness (QED) is 0.494. The van der Waals surface area contributed by atoms with Gasteiger partial charge in [-0.1, -0.05) is 24.3 Å². The van der Waals surface area contributed by atoms with Crippen LogP contribution in [-0.2, 0) is 11.2 Å². The van der Waals surface area contributed by atoms with E-state index in [1.54, 1.807) is 18.2 Å². The molecule has 0 aliphatic heterocycles. The van der Waals surface area contributed by atoms with Crippen LogP contribution in [0, 0.1) is 19.7 Å². The van der Waals surface area contributed by atoms with E-state index in [0.29, 0.717) is 24.1 Å². The molecule has 0 saturated heterocycles. The molecule has 4 aromatic rings. The van der Waals surface area contributed by atoms with Gasteiger partial charge in [0.15, 0.2) is 4.96 Å². The molecule has 4 nitrogen and oxygen atoms in total. The molecular formula is C22H20FN3OS. The lowest BCUT2D eigenvalue weighted by Gasteiger charge is -2.10. The van der Waals surface area contributed by atoms with Crippen molar-refractivity contribution in [3.63, 3.8) is 0 Å². The molecule has 1 amide bonds. The van der Waals surface area contributed by atoms with Gasteiger partial charge in [0, 0.05) is 34.9 Å². The number of benzene rings is 2. The summed E-state index contributed by atoms with van der Waals surface area (Å²) < 4.78 is 16.0. The van der Waals surface area contributed by atoms with E-state index in [4.69, 9.17) is 0 Å². The highest BCUT2D eigenvalue weighted by Crippen LogP contribution is 2.26. The maximum atomic E-state index is 14.0. The Labute approximate surface area is 166 Å². The van der Waals surface area contributed by atoms with Crippen molar-refractivity contribution in [2.24, 2.45) is 0 Å². The zero-order valence-corrected chi connectivity index (χ0v) is 16.5. The number of carbonyl (C=O) groups is 1. The number of hydrogen-bond donors (Lipinski definition) is 1. The van der Waals surface area contributed by atoms with Gasteiger partial charge in [-0.3, -0.25) is 9.20 Å². The molecule has 0 spiro atoms. The highest BCUT2D eigenvalue weighted by Gasteiger charge is 2.13. The molecule has 28 heavy (non-hydrogen) atoms. The predicted octanol–water partition coefficient (Wildman–Crippen LogP) is 5.39. The minimum absolute atomic E-state index is 0.0255. The summed E-state index contributed by atoms with van der Waals surface area (Å²) in [7, 11) is 0. The van der Waals surface area contributed by atoms with Crippen LogP contribution in [-0.4, -0.2) is 15.3 Å². The molecule has 1 N–H and O–H groups in total. The van der Waals surface area contributed by atoms with E-state index < -0.39 is 0 Å². The number of hydrogen-bond acceptors (Lipinski definition) is 3. The molecule has 2 heterocycles. The number of anilines is 1. The number of rotatable bonds is 5. The van der Waals surface area contributed by atoms with E-state index >= 15 is 0 Å². The molecule has 0 bridgehead atoms. The first-order valence-corrected chi connectivity index (χ1v) is 9.97. The van der Waals surface area contributed by atoms with Crippen molar-refractivity contribution < 1.29 is 9.18 Å². The lowest BCUT2D eigenvalue weighted by Crippen LogP contribution is -2.13. The Morgan fingerprint density at radius 2 is 2.00 bits per heavy atom. The van der Waals surface area contributed by atoms with E-state index in [9.17, 15) is 9.18 Å². The molecule has 2 aromatic carbocycles. The largest absolute Gasteiger partial charge is 0.326 e. The summed E-state index contributed by atoms with van der Waals surface area (Å²) in [5, 5.41) is 4.99. The zero-order chi connectivity index (χ0) is 19.7. The number of fused-ring (bicyclic) bond motifs is 1. The molecule has 0 unspecified atom stereocenters. The second-order valence-corrected chi connectivity index (χ2v) is 7.62. The van der Waals surface area contributed by atoms with E-state index in [1.165, 1.54) is 17.4 Å². The molecule has 142 valence electrons. The van der Waals surface area contributed by atoms with E-state index in [0.717, 1.165) is 27.5 Å². The third kappa shape index (κ3) is 3.55. The Morgan fingerprint density at radius 3 is 2.82 bits per heavy atom. The lowest BCUT2D eigenvalue weighted by atomic mass is 10.1. The molecule has 0 aliphatic carbocycles. The molecule has 2 aromatic heterocycles. The number of aryl methyl sites for hydroxylation is 2. The van der Waals surface area contributed by atoms with Crippen molar-refractivity contribution in [1.29, 1.82) is 0 Å². The zero-order valence-electron chi connectivity index (χ0n) is 15.7. The van der Waals surface area contributed by atoms with Crippen LogP contribution in [0.2, 0.25) is 0 Å². The monoisotopic (exact) mass is 393 g/mol. The topological polar surface area (TPSA) is 46.4 Å². The molecule has 0 saturated carbocycles. The summed E-state index contributed by atoms with van der Waals surface area (Å²) in [6.07, 6.45) is 2.79. The van der Waals surface area contributed by atoms with Crippen LogP contribution in [0.3, 0.4) is 0 Å². The van der Waals surface area contributed by atoms with Crippen LogP contribution in [0.15, 0.2) is 54.0 Å². The third-order valence-electron chi connectivity index (χ3n) is 4.92. The summed E-state index contributed by atoms with van der Waals surface area (Å²) in [6.45, 7) is 4.03. The van der Waals surface area contributed by atoms with Crippen molar-refractivity contribution >= 4 is 27.9 Å². The fourth-order valence-corrected chi connectivity index (χ4v) is 4.06. The first-order valence-electron chi connectivity index (χ1n) is 9.09. The van der Waals surface area contributed by atoms with Crippen molar-refractivity contribution in [1.82, 2.24) is 9.38 Å². The number of nitrogens with zero attached hydrogens (tertiary/aromatic N) is 2. The normalized spacial score (nSPS) is 11.1. The third-order valence-corrected chi connectivity index (χ3v) is 5.81. The van der Waals surface area contributed by atoms with E-state index in [-0.39, 0.29) is 11.7 Å². The van der Waals surface area contributed by atoms with Crippen molar-refractivity contribution in [2.45, 2.75) is 26.7 Å². The highest BCUT2D eigenvalue weighted by atomic mass is 32.1. The molecule has 0 radical (unpaired) electrons. The number of nitrogens with one attached hydrogen (secondary N) is 1.